The number of nitrogens with zero attached hydrogens (tertiary/aromatic N) is 1. The van der Waals surface area contributed by atoms with Gasteiger partial charge in [0.05, 0.1) is 0 Å². The Labute approximate surface area is 243 Å². The second-order valence-electron chi connectivity index (χ2n) is 11.1. The summed E-state index contributed by atoms with van der Waals surface area (Å²) in [5.74, 6) is -1.03. The van der Waals surface area contributed by atoms with Gasteiger partial charge in [-0.1, -0.05) is 23.7 Å². The van der Waals surface area contributed by atoms with Crippen LogP contribution >= 0.6 is 11.6 Å². The third-order valence-corrected chi connectivity index (χ3v) is 6.79. The van der Waals surface area contributed by atoms with E-state index in [-0.39, 0.29) is 31.3 Å². The molecule has 0 bridgehead atoms. The van der Waals surface area contributed by atoms with Crippen LogP contribution in [0.2, 0.25) is 5.02 Å². The molecule has 2 heterocycles. The van der Waals surface area contributed by atoms with Crippen LogP contribution < -0.4 is 21.3 Å². The van der Waals surface area contributed by atoms with E-state index < -0.39 is 29.7 Å². The summed E-state index contributed by atoms with van der Waals surface area (Å²) >= 11 is 6.26. The van der Waals surface area contributed by atoms with Crippen molar-refractivity contribution in [2.45, 2.75) is 71.2 Å². The Hall–Kier alpha value is -4.12. The summed E-state index contributed by atoms with van der Waals surface area (Å²) in [6.07, 6.45) is 1.32. The number of carbonyl (C=O) groups excluding carboxylic acids is 5. The molecule has 1 unspecified atom stereocenters. The molecule has 218 valence electrons. The molecule has 4 rings (SSSR count). The number of amides is 6. The molecule has 2 aliphatic heterocycles. The number of hydrogen-bond acceptors (Lipinski definition) is 6. The van der Waals surface area contributed by atoms with Crippen molar-refractivity contribution in [3.05, 3.63) is 63.7 Å². The van der Waals surface area contributed by atoms with Crippen molar-refractivity contribution in [3.63, 3.8) is 0 Å². The lowest BCUT2D eigenvalue weighted by Gasteiger charge is -2.29. The molecule has 0 radical (unpaired) electrons. The highest BCUT2D eigenvalue weighted by Gasteiger charge is 2.39. The first-order valence-corrected chi connectivity index (χ1v) is 13.8. The van der Waals surface area contributed by atoms with E-state index in [1.807, 2.05) is 18.2 Å². The van der Waals surface area contributed by atoms with Gasteiger partial charge in [-0.25, -0.2) is 9.59 Å². The predicted octanol–water partition coefficient (Wildman–Crippen LogP) is 3.88. The van der Waals surface area contributed by atoms with Gasteiger partial charge in [-0.05, 0) is 81.0 Å². The van der Waals surface area contributed by atoms with Gasteiger partial charge in [0, 0.05) is 42.3 Å². The predicted molar refractivity (Wildman–Crippen MR) is 152 cm³/mol. The van der Waals surface area contributed by atoms with Crippen molar-refractivity contribution in [3.8, 4) is 0 Å². The summed E-state index contributed by atoms with van der Waals surface area (Å²) in [4.78, 5) is 62.5. The van der Waals surface area contributed by atoms with Crippen LogP contribution in [-0.2, 0) is 33.8 Å². The van der Waals surface area contributed by atoms with Gasteiger partial charge in [0.15, 0.2) is 0 Å². The van der Waals surface area contributed by atoms with Crippen molar-refractivity contribution in [1.29, 1.82) is 0 Å². The van der Waals surface area contributed by atoms with Crippen LogP contribution in [0.25, 0.3) is 0 Å². The van der Waals surface area contributed by atoms with Crippen LogP contribution in [0.1, 0.15) is 67.1 Å². The second kappa shape index (κ2) is 12.6. The average molecular weight is 584 g/mol. The highest BCUT2D eigenvalue weighted by molar-refractivity contribution is 6.31. The van der Waals surface area contributed by atoms with Gasteiger partial charge in [-0.2, -0.15) is 0 Å². The minimum atomic E-state index is -0.677. The molecule has 0 aromatic heterocycles. The number of rotatable bonds is 8. The molecule has 1 atom stereocenters. The zero-order chi connectivity index (χ0) is 29.7. The van der Waals surface area contributed by atoms with Crippen molar-refractivity contribution >= 4 is 47.1 Å². The topological polar surface area (TPSA) is 146 Å². The number of carbonyl (C=O) groups is 5. The fourth-order valence-corrected chi connectivity index (χ4v) is 5.02. The van der Waals surface area contributed by atoms with E-state index in [2.05, 4.69) is 21.3 Å². The number of ether oxygens (including phenoxy) is 1. The molecule has 1 saturated heterocycles. The van der Waals surface area contributed by atoms with Gasteiger partial charge in [0.2, 0.25) is 11.8 Å². The molecule has 2 aromatic carbocycles. The highest BCUT2D eigenvalue weighted by atomic mass is 35.5. The minimum Gasteiger partial charge on any atom is -0.444 e. The van der Waals surface area contributed by atoms with Crippen LogP contribution in [0.3, 0.4) is 0 Å². The SMILES string of the molecule is CC(C)(C)OC(=O)NCCCc1cc(Cl)cc(NC(=O)NCc2ccc3c(c2)CN(C2CCC(=O)NC2=O)C3=O)c1. The van der Waals surface area contributed by atoms with E-state index in [4.69, 9.17) is 16.3 Å². The summed E-state index contributed by atoms with van der Waals surface area (Å²) in [6.45, 7) is 6.32. The second-order valence-corrected chi connectivity index (χ2v) is 11.5. The van der Waals surface area contributed by atoms with Crippen molar-refractivity contribution < 1.29 is 28.7 Å². The number of imide groups is 1. The zero-order valence-electron chi connectivity index (χ0n) is 23.3. The number of aryl methyl sites for hydroxylation is 1. The van der Waals surface area contributed by atoms with Gasteiger partial charge < -0.3 is 25.6 Å². The Bertz CT molecular complexity index is 1370. The fraction of sp³-hybridized carbons (Fsp3) is 0.414. The molecule has 0 saturated carbocycles. The van der Waals surface area contributed by atoms with Crippen LogP contribution in [0, 0.1) is 0 Å². The highest BCUT2D eigenvalue weighted by Crippen LogP contribution is 2.28. The summed E-state index contributed by atoms with van der Waals surface area (Å²) in [7, 11) is 0. The van der Waals surface area contributed by atoms with E-state index in [1.54, 1.807) is 39.0 Å². The number of hydrogen-bond donors (Lipinski definition) is 4. The Morgan fingerprint density at radius 1 is 1.07 bits per heavy atom. The lowest BCUT2D eigenvalue weighted by atomic mass is 10.0. The summed E-state index contributed by atoms with van der Waals surface area (Å²) in [5.41, 5.74) is 2.94. The van der Waals surface area contributed by atoms with Crippen LogP contribution in [-0.4, -0.2) is 52.9 Å². The summed E-state index contributed by atoms with van der Waals surface area (Å²) < 4.78 is 5.22. The Morgan fingerprint density at radius 3 is 2.59 bits per heavy atom. The molecule has 2 aromatic rings. The first kappa shape index (κ1) is 29.9. The standard InChI is InChI=1S/C29H34ClN5O6/c1-29(2,3)41-28(40)31-10-4-5-17-12-20(30)14-21(13-17)33-27(39)32-15-18-6-7-22-19(11-18)16-35(26(22)38)23-8-9-24(36)34-25(23)37/h6-7,11-14,23H,4-5,8-10,15-16H2,1-3H3,(H,31,40)(H2,32,33,39)(H,34,36,37). The van der Waals surface area contributed by atoms with E-state index in [1.165, 1.54) is 4.90 Å². The van der Waals surface area contributed by atoms with Crippen molar-refractivity contribution in [1.82, 2.24) is 20.9 Å². The van der Waals surface area contributed by atoms with Crippen molar-refractivity contribution in [2.24, 2.45) is 0 Å². The normalized spacial score (nSPS) is 16.6. The van der Waals surface area contributed by atoms with Gasteiger partial charge >= 0.3 is 12.1 Å². The van der Waals surface area contributed by atoms with E-state index >= 15 is 0 Å². The van der Waals surface area contributed by atoms with E-state index in [9.17, 15) is 24.0 Å². The number of halogens is 1. The maximum absolute atomic E-state index is 12.9. The van der Waals surface area contributed by atoms with E-state index in [0.717, 1.165) is 16.7 Å². The van der Waals surface area contributed by atoms with Gasteiger partial charge in [0.25, 0.3) is 5.91 Å². The zero-order valence-corrected chi connectivity index (χ0v) is 24.0. The molecule has 6 amide bonds. The summed E-state index contributed by atoms with van der Waals surface area (Å²) in [6, 6.07) is 9.46. The molecular weight excluding hydrogens is 550 g/mol. The smallest absolute Gasteiger partial charge is 0.407 e. The number of piperidine rings is 1. The Kier molecular flexibility index (Phi) is 9.17. The maximum Gasteiger partial charge on any atom is 0.407 e. The quantitative estimate of drug-likeness (QED) is 0.274. The molecule has 1 fully saturated rings. The van der Waals surface area contributed by atoms with Crippen LogP contribution in [0.4, 0.5) is 15.3 Å². The van der Waals surface area contributed by atoms with Gasteiger partial charge in [-0.15, -0.1) is 0 Å². The Balaban J connectivity index is 1.27. The molecular formula is C29H34ClN5O6. The van der Waals surface area contributed by atoms with Gasteiger partial charge in [-0.3, -0.25) is 19.7 Å². The number of nitrogens with one attached hydrogen (secondary N) is 4. The number of urea groups is 1. The van der Waals surface area contributed by atoms with Crippen LogP contribution in [0.15, 0.2) is 36.4 Å². The molecule has 2 aliphatic rings. The first-order valence-electron chi connectivity index (χ1n) is 13.5. The third kappa shape index (κ3) is 8.20. The van der Waals surface area contributed by atoms with Crippen molar-refractivity contribution in [2.75, 3.05) is 11.9 Å². The molecule has 4 N–H and O–H groups in total. The Morgan fingerprint density at radius 2 is 1.85 bits per heavy atom. The lowest BCUT2D eigenvalue weighted by Crippen LogP contribution is -2.52. The molecule has 41 heavy (non-hydrogen) atoms. The fourth-order valence-electron chi connectivity index (χ4n) is 4.76. The average Bonchev–Trinajstić information content (AvgIpc) is 3.19. The van der Waals surface area contributed by atoms with Gasteiger partial charge in [0.1, 0.15) is 11.6 Å². The van der Waals surface area contributed by atoms with Crippen LogP contribution in [0.5, 0.6) is 0 Å². The third-order valence-electron chi connectivity index (χ3n) is 6.57. The monoisotopic (exact) mass is 583 g/mol. The minimum absolute atomic E-state index is 0.195. The number of fused-ring (bicyclic) bond motifs is 1. The first-order chi connectivity index (χ1) is 19.4. The largest absolute Gasteiger partial charge is 0.444 e. The number of benzene rings is 2. The molecule has 12 heteroatoms. The molecule has 0 spiro atoms. The number of alkyl carbamates (subject to hydrolysis) is 1. The van der Waals surface area contributed by atoms with E-state index in [0.29, 0.717) is 42.1 Å². The molecule has 0 aliphatic carbocycles. The lowest BCUT2D eigenvalue weighted by molar-refractivity contribution is -0.136. The summed E-state index contributed by atoms with van der Waals surface area (Å²) in [5, 5.41) is 11.1. The maximum atomic E-state index is 12.9. The molecule has 11 nitrogen and oxygen atoms in total. The number of anilines is 1.